The fraction of sp³-hybridized carbons (Fsp3) is 0.467. The Bertz CT molecular complexity index is 528. The van der Waals surface area contributed by atoms with Crippen molar-refractivity contribution in [2.75, 3.05) is 23.3 Å². The molecule has 0 bridgehead atoms. The summed E-state index contributed by atoms with van der Waals surface area (Å²) in [7, 11) is 0. The maximum Gasteiger partial charge on any atom is 0.228 e. The lowest BCUT2D eigenvalue weighted by Gasteiger charge is -2.19. The maximum atomic E-state index is 11.8. The van der Waals surface area contributed by atoms with Crippen LogP contribution in [0.2, 0.25) is 0 Å². The molecule has 5 nitrogen and oxygen atoms in total. The molecule has 1 unspecified atom stereocenters. The van der Waals surface area contributed by atoms with Crippen molar-refractivity contribution in [3.8, 4) is 0 Å². The normalized spacial score (nSPS) is 16.4. The van der Waals surface area contributed by atoms with Gasteiger partial charge >= 0.3 is 0 Å². The zero-order chi connectivity index (χ0) is 14.7. The molecule has 0 aromatic heterocycles. The van der Waals surface area contributed by atoms with Gasteiger partial charge in [0.1, 0.15) is 0 Å². The third-order valence-corrected chi connectivity index (χ3v) is 3.63. The molecular weight excluding hydrogens is 254 g/mol. The predicted molar refractivity (Wildman–Crippen MR) is 79.6 cm³/mol. The summed E-state index contributed by atoms with van der Waals surface area (Å²) in [5.41, 5.74) is 8.13. The van der Waals surface area contributed by atoms with Crippen LogP contribution in [0.1, 0.15) is 25.3 Å². The van der Waals surface area contributed by atoms with Crippen LogP contribution in [0.25, 0.3) is 0 Å². The minimum atomic E-state index is -0.213. The number of carbonyl (C=O) groups is 2. The third-order valence-electron chi connectivity index (χ3n) is 3.63. The molecule has 1 aliphatic rings. The van der Waals surface area contributed by atoms with Crippen LogP contribution in [0.15, 0.2) is 18.2 Å². The van der Waals surface area contributed by atoms with E-state index in [2.05, 4.69) is 5.32 Å². The van der Waals surface area contributed by atoms with Gasteiger partial charge < -0.3 is 16.0 Å². The minimum Gasteiger partial charge on any atom is -0.330 e. The fourth-order valence-electron chi connectivity index (χ4n) is 2.31. The van der Waals surface area contributed by atoms with Crippen molar-refractivity contribution in [1.82, 2.24) is 0 Å². The highest BCUT2D eigenvalue weighted by molar-refractivity contribution is 5.97. The Kier molecular flexibility index (Phi) is 4.39. The zero-order valence-corrected chi connectivity index (χ0v) is 12.0. The van der Waals surface area contributed by atoms with Gasteiger partial charge in [-0.2, -0.15) is 0 Å². The second-order valence-corrected chi connectivity index (χ2v) is 5.28. The van der Waals surface area contributed by atoms with E-state index in [0.717, 1.165) is 29.9 Å². The average molecular weight is 275 g/mol. The first-order chi connectivity index (χ1) is 9.52. The Hall–Kier alpha value is -1.88. The standard InChI is InChI=1S/C15H21N3O2/c1-10-8-12(17-15(20)11(2)9-16)5-6-13(10)18-7-3-4-14(18)19/h5-6,8,11H,3-4,7,9,16H2,1-2H3,(H,17,20). The van der Waals surface area contributed by atoms with E-state index in [1.807, 2.05) is 30.0 Å². The summed E-state index contributed by atoms with van der Waals surface area (Å²) >= 11 is 0. The van der Waals surface area contributed by atoms with Gasteiger partial charge in [-0.15, -0.1) is 0 Å². The van der Waals surface area contributed by atoms with Gasteiger partial charge in [-0.1, -0.05) is 6.92 Å². The topological polar surface area (TPSA) is 75.4 Å². The van der Waals surface area contributed by atoms with Gasteiger partial charge in [0.15, 0.2) is 0 Å². The van der Waals surface area contributed by atoms with Crippen molar-refractivity contribution in [2.24, 2.45) is 11.7 Å². The van der Waals surface area contributed by atoms with E-state index in [0.29, 0.717) is 13.0 Å². The Balaban J connectivity index is 2.13. The fourth-order valence-corrected chi connectivity index (χ4v) is 2.31. The minimum absolute atomic E-state index is 0.0862. The van der Waals surface area contributed by atoms with E-state index in [9.17, 15) is 9.59 Å². The van der Waals surface area contributed by atoms with Gasteiger partial charge in [0.2, 0.25) is 11.8 Å². The molecule has 2 amide bonds. The van der Waals surface area contributed by atoms with Crippen LogP contribution in [0.4, 0.5) is 11.4 Å². The Morgan fingerprint density at radius 2 is 2.25 bits per heavy atom. The van der Waals surface area contributed by atoms with Crippen LogP contribution in [0, 0.1) is 12.8 Å². The maximum absolute atomic E-state index is 11.8. The molecule has 1 atom stereocenters. The molecule has 0 aliphatic carbocycles. The van der Waals surface area contributed by atoms with Crippen molar-refractivity contribution in [3.63, 3.8) is 0 Å². The van der Waals surface area contributed by atoms with Crippen molar-refractivity contribution >= 4 is 23.2 Å². The molecule has 0 saturated carbocycles. The molecule has 2 rings (SSSR count). The first-order valence-electron chi connectivity index (χ1n) is 6.95. The van der Waals surface area contributed by atoms with Crippen LogP contribution in [0.5, 0.6) is 0 Å². The molecule has 5 heteroatoms. The third kappa shape index (κ3) is 2.99. The van der Waals surface area contributed by atoms with E-state index >= 15 is 0 Å². The summed E-state index contributed by atoms with van der Waals surface area (Å²) in [4.78, 5) is 25.4. The number of hydrogen-bond donors (Lipinski definition) is 2. The molecule has 1 aliphatic heterocycles. The zero-order valence-electron chi connectivity index (χ0n) is 12.0. The van der Waals surface area contributed by atoms with Crippen LogP contribution in [-0.4, -0.2) is 24.9 Å². The lowest BCUT2D eigenvalue weighted by Crippen LogP contribution is -2.27. The lowest BCUT2D eigenvalue weighted by molar-refractivity contribution is -0.119. The molecule has 3 N–H and O–H groups in total. The van der Waals surface area contributed by atoms with Crippen LogP contribution in [0.3, 0.4) is 0 Å². The van der Waals surface area contributed by atoms with Crippen molar-refractivity contribution < 1.29 is 9.59 Å². The number of nitrogens with one attached hydrogen (secondary N) is 1. The predicted octanol–water partition coefficient (Wildman–Crippen LogP) is 1.66. The summed E-state index contributed by atoms with van der Waals surface area (Å²) < 4.78 is 0. The summed E-state index contributed by atoms with van der Waals surface area (Å²) in [5.74, 6) is -0.131. The van der Waals surface area contributed by atoms with E-state index < -0.39 is 0 Å². The molecule has 1 saturated heterocycles. The molecule has 1 heterocycles. The SMILES string of the molecule is Cc1cc(NC(=O)C(C)CN)ccc1N1CCCC1=O. The molecule has 1 aromatic carbocycles. The van der Waals surface area contributed by atoms with Gasteiger partial charge in [0.05, 0.1) is 0 Å². The molecule has 20 heavy (non-hydrogen) atoms. The first-order valence-corrected chi connectivity index (χ1v) is 6.95. The number of carbonyl (C=O) groups excluding carboxylic acids is 2. The number of nitrogens with two attached hydrogens (primary N) is 1. The summed E-state index contributed by atoms with van der Waals surface area (Å²) in [6.07, 6.45) is 1.52. The molecular formula is C15H21N3O2. The monoisotopic (exact) mass is 275 g/mol. The summed E-state index contributed by atoms with van der Waals surface area (Å²) in [6, 6.07) is 5.61. The number of hydrogen-bond acceptors (Lipinski definition) is 3. The molecule has 0 spiro atoms. The highest BCUT2D eigenvalue weighted by Gasteiger charge is 2.23. The quantitative estimate of drug-likeness (QED) is 0.877. The number of amides is 2. The second kappa shape index (κ2) is 6.05. The summed E-state index contributed by atoms with van der Waals surface area (Å²) in [5, 5.41) is 2.84. The number of rotatable bonds is 4. The highest BCUT2D eigenvalue weighted by atomic mass is 16.2. The van der Waals surface area contributed by atoms with Gasteiger partial charge in [-0.25, -0.2) is 0 Å². The van der Waals surface area contributed by atoms with Crippen molar-refractivity contribution in [2.45, 2.75) is 26.7 Å². The number of aryl methyl sites for hydroxylation is 1. The van der Waals surface area contributed by atoms with Crippen molar-refractivity contribution in [1.29, 1.82) is 0 Å². The Morgan fingerprint density at radius 1 is 1.50 bits per heavy atom. The van der Waals surface area contributed by atoms with E-state index in [1.54, 1.807) is 6.92 Å². The molecule has 1 aromatic rings. The van der Waals surface area contributed by atoms with E-state index in [4.69, 9.17) is 5.73 Å². The van der Waals surface area contributed by atoms with Gasteiger partial charge in [0.25, 0.3) is 0 Å². The van der Waals surface area contributed by atoms with E-state index in [-0.39, 0.29) is 17.7 Å². The van der Waals surface area contributed by atoms with Gasteiger partial charge in [0, 0.05) is 36.8 Å². The molecule has 1 fully saturated rings. The Labute approximate surface area is 119 Å². The number of anilines is 2. The van der Waals surface area contributed by atoms with Gasteiger partial charge in [-0.05, 0) is 37.1 Å². The number of nitrogens with zero attached hydrogens (tertiary/aromatic N) is 1. The average Bonchev–Trinajstić information content (AvgIpc) is 2.84. The molecule has 108 valence electrons. The highest BCUT2D eigenvalue weighted by Crippen LogP contribution is 2.27. The van der Waals surface area contributed by atoms with Crippen LogP contribution >= 0.6 is 0 Å². The largest absolute Gasteiger partial charge is 0.330 e. The van der Waals surface area contributed by atoms with Gasteiger partial charge in [-0.3, -0.25) is 9.59 Å². The van der Waals surface area contributed by atoms with Crippen molar-refractivity contribution in [3.05, 3.63) is 23.8 Å². The van der Waals surface area contributed by atoms with Crippen LogP contribution < -0.4 is 16.0 Å². The number of benzene rings is 1. The van der Waals surface area contributed by atoms with E-state index in [1.165, 1.54) is 0 Å². The first kappa shape index (κ1) is 14.5. The smallest absolute Gasteiger partial charge is 0.228 e. The Morgan fingerprint density at radius 3 is 2.80 bits per heavy atom. The summed E-state index contributed by atoms with van der Waals surface area (Å²) in [6.45, 7) is 4.84. The molecule has 0 radical (unpaired) electrons. The second-order valence-electron chi connectivity index (χ2n) is 5.28. The van der Waals surface area contributed by atoms with Crippen LogP contribution in [-0.2, 0) is 9.59 Å². The lowest BCUT2D eigenvalue weighted by atomic mass is 10.1.